The summed E-state index contributed by atoms with van der Waals surface area (Å²) in [6, 6.07) is 13.5. The minimum absolute atomic E-state index is 0.146. The molecule has 188 valence electrons. The van der Waals surface area contributed by atoms with E-state index in [-0.39, 0.29) is 35.8 Å². The Bertz CT molecular complexity index is 1250. The van der Waals surface area contributed by atoms with Gasteiger partial charge in [0.15, 0.2) is 0 Å². The maximum Gasteiger partial charge on any atom is 0.416 e. The van der Waals surface area contributed by atoms with Crippen LogP contribution in [0.2, 0.25) is 0 Å². The highest BCUT2D eigenvalue weighted by atomic mass is 19.4. The summed E-state index contributed by atoms with van der Waals surface area (Å²) in [4.78, 5) is 28.4. The molecule has 5 nitrogen and oxygen atoms in total. The fraction of sp³-hybridized carbons (Fsp3) is 0.321. The van der Waals surface area contributed by atoms with Crippen molar-refractivity contribution in [1.29, 1.82) is 0 Å². The highest BCUT2D eigenvalue weighted by molar-refractivity contribution is 5.94. The molecule has 2 N–H and O–H groups in total. The molecule has 1 heterocycles. The van der Waals surface area contributed by atoms with Gasteiger partial charge in [-0.2, -0.15) is 13.2 Å². The highest BCUT2D eigenvalue weighted by Gasteiger charge is 2.36. The monoisotopic (exact) mass is 496 g/mol. The third-order valence-electron chi connectivity index (χ3n) is 6.72. The van der Waals surface area contributed by atoms with Crippen molar-refractivity contribution in [2.45, 2.75) is 45.3 Å². The number of amides is 1. The van der Waals surface area contributed by atoms with E-state index in [0.717, 1.165) is 34.5 Å². The van der Waals surface area contributed by atoms with E-state index >= 15 is 0 Å². The van der Waals surface area contributed by atoms with Crippen LogP contribution >= 0.6 is 0 Å². The summed E-state index contributed by atoms with van der Waals surface area (Å²) < 4.78 is 38.7. The van der Waals surface area contributed by atoms with Crippen molar-refractivity contribution in [3.8, 4) is 0 Å². The number of alkyl halides is 3. The second-order valence-corrected chi connectivity index (χ2v) is 9.59. The zero-order chi connectivity index (χ0) is 26.0. The van der Waals surface area contributed by atoms with Crippen LogP contribution in [0.4, 0.5) is 13.2 Å². The van der Waals surface area contributed by atoms with E-state index in [1.807, 2.05) is 6.07 Å². The third kappa shape index (κ3) is 5.58. The summed E-state index contributed by atoms with van der Waals surface area (Å²) >= 11 is 0. The summed E-state index contributed by atoms with van der Waals surface area (Å²) in [5.41, 5.74) is 3.52. The predicted molar refractivity (Wildman–Crippen MR) is 129 cm³/mol. The lowest BCUT2D eigenvalue weighted by molar-refractivity contribution is -0.137. The smallest absolute Gasteiger partial charge is 0.416 e. The van der Waals surface area contributed by atoms with Crippen LogP contribution in [0.15, 0.2) is 60.8 Å². The van der Waals surface area contributed by atoms with E-state index in [0.29, 0.717) is 18.4 Å². The number of benzene rings is 2. The lowest BCUT2D eigenvalue weighted by Crippen LogP contribution is -2.23. The first-order valence-corrected chi connectivity index (χ1v) is 11.8. The molecule has 0 fully saturated rings. The van der Waals surface area contributed by atoms with Gasteiger partial charge in [0, 0.05) is 24.4 Å². The molecule has 0 aliphatic heterocycles. The summed E-state index contributed by atoms with van der Waals surface area (Å²) in [7, 11) is 0. The number of nitrogens with one attached hydrogen (secondary N) is 1. The average Bonchev–Trinajstić information content (AvgIpc) is 3.19. The van der Waals surface area contributed by atoms with E-state index in [2.05, 4.69) is 24.1 Å². The van der Waals surface area contributed by atoms with Crippen molar-refractivity contribution in [2.24, 2.45) is 11.8 Å². The number of hydrogen-bond acceptors (Lipinski definition) is 3. The van der Waals surface area contributed by atoms with Crippen LogP contribution in [0, 0.1) is 11.8 Å². The summed E-state index contributed by atoms with van der Waals surface area (Å²) in [5, 5.41) is 11.8. The van der Waals surface area contributed by atoms with Gasteiger partial charge in [0.2, 0.25) is 0 Å². The van der Waals surface area contributed by atoms with E-state index in [9.17, 15) is 22.8 Å². The van der Waals surface area contributed by atoms with Gasteiger partial charge in [-0.3, -0.25) is 9.78 Å². The number of rotatable bonds is 7. The van der Waals surface area contributed by atoms with Crippen molar-refractivity contribution in [2.75, 3.05) is 0 Å². The molecule has 3 aromatic rings. The molecule has 2 atom stereocenters. The topological polar surface area (TPSA) is 79.3 Å². The largest absolute Gasteiger partial charge is 0.478 e. The van der Waals surface area contributed by atoms with Gasteiger partial charge < -0.3 is 10.4 Å². The number of halogens is 3. The van der Waals surface area contributed by atoms with Crippen molar-refractivity contribution in [3.05, 3.63) is 99.9 Å². The molecular formula is C28H27F3N2O3. The van der Waals surface area contributed by atoms with Crippen LogP contribution in [0.1, 0.15) is 68.4 Å². The van der Waals surface area contributed by atoms with E-state index in [1.54, 1.807) is 30.5 Å². The van der Waals surface area contributed by atoms with Crippen LogP contribution in [0.25, 0.3) is 0 Å². The van der Waals surface area contributed by atoms with E-state index in [1.165, 1.54) is 12.1 Å². The van der Waals surface area contributed by atoms with Gasteiger partial charge in [-0.05, 0) is 71.7 Å². The van der Waals surface area contributed by atoms with Gasteiger partial charge in [0.05, 0.1) is 16.7 Å². The number of carboxylic acids is 1. The maximum absolute atomic E-state index is 12.9. The van der Waals surface area contributed by atoms with Crippen LogP contribution in [0.3, 0.4) is 0 Å². The number of aromatic nitrogens is 1. The van der Waals surface area contributed by atoms with Crippen molar-refractivity contribution < 1.29 is 27.9 Å². The predicted octanol–water partition coefficient (Wildman–Crippen LogP) is 5.88. The highest BCUT2D eigenvalue weighted by Crippen LogP contribution is 2.43. The van der Waals surface area contributed by atoms with Crippen molar-refractivity contribution >= 4 is 11.9 Å². The molecule has 1 aromatic heterocycles. The van der Waals surface area contributed by atoms with Gasteiger partial charge in [-0.25, -0.2) is 4.79 Å². The summed E-state index contributed by atoms with van der Waals surface area (Å²) in [6.07, 6.45) is -1.46. The number of carboxylic acid groups (broad SMARTS) is 1. The number of carbonyl (C=O) groups excluding carboxylic acids is 1. The van der Waals surface area contributed by atoms with E-state index in [4.69, 9.17) is 5.11 Å². The molecule has 0 radical (unpaired) electrons. The van der Waals surface area contributed by atoms with E-state index < -0.39 is 17.7 Å². The molecule has 1 amide bonds. The average molecular weight is 497 g/mol. The molecule has 8 heteroatoms. The SMILES string of the molecule is CC(C)C1c2ncc(C(=O)NCc3ccc(C(=O)O)cc3)cc2CC1Cc1ccc(C(F)(F)F)cc1. The normalized spacial score (nSPS) is 17.2. The first-order valence-electron chi connectivity index (χ1n) is 11.8. The summed E-state index contributed by atoms with van der Waals surface area (Å²) in [6.45, 7) is 4.47. The van der Waals surface area contributed by atoms with Crippen molar-refractivity contribution in [1.82, 2.24) is 10.3 Å². The quantitative estimate of drug-likeness (QED) is 0.428. The van der Waals surface area contributed by atoms with Gasteiger partial charge >= 0.3 is 12.1 Å². The zero-order valence-corrected chi connectivity index (χ0v) is 20.0. The standard InChI is InChI=1S/C28H27F3N2O3/c1-16(2)24-20(11-17-5-9-23(10-6-17)28(29,30)31)12-21-13-22(15-32-25(21)24)26(34)33-14-18-3-7-19(8-4-18)27(35)36/h3-10,13,15-16,20,24H,11-12,14H2,1-2H3,(H,33,34)(H,35,36). The molecule has 4 rings (SSSR count). The lowest BCUT2D eigenvalue weighted by atomic mass is 9.81. The number of aromatic carboxylic acids is 1. The number of pyridine rings is 1. The number of nitrogens with zero attached hydrogens (tertiary/aromatic N) is 1. The second kappa shape index (κ2) is 10.1. The van der Waals surface area contributed by atoms with Gasteiger partial charge in [0.1, 0.15) is 0 Å². The Kier molecular flexibility index (Phi) is 7.15. The molecule has 2 unspecified atom stereocenters. The first kappa shape index (κ1) is 25.4. The Morgan fingerprint density at radius 2 is 1.67 bits per heavy atom. The lowest BCUT2D eigenvalue weighted by Gasteiger charge is -2.23. The molecule has 36 heavy (non-hydrogen) atoms. The molecule has 0 bridgehead atoms. The van der Waals surface area contributed by atoms with Crippen LogP contribution in [-0.4, -0.2) is 22.0 Å². The number of fused-ring (bicyclic) bond motifs is 1. The maximum atomic E-state index is 12.9. The molecule has 1 aliphatic carbocycles. The van der Waals surface area contributed by atoms with Gasteiger partial charge in [-0.1, -0.05) is 38.1 Å². The van der Waals surface area contributed by atoms with Crippen LogP contribution in [0.5, 0.6) is 0 Å². The Balaban J connectivity index is 1.45. The molecule has 0 saturated heterocycles. The third-order valence-corrected chi connectivity index (χ3v) is 6.72. The fourth-order valence-corrected chi connectivity index (χ4v) is 4.98. The molecular weight excluding hydrogens is 469 g/mol. The zero-order valence-electron chi connectivity index (χ0n) is 20.0. The fourth-order valence-electron chi connectivity index (χ4n) is 4.98. The summed E-state index contributed by atoms with van der Waals surface area (Å²) in [5.74, 6) is -0.680. The van der Waals surface area contributed by atoms with Gasteiger partial charge in [0.25, 0.3) is 5.91 Å². The Morgan fingerprint density at radius 3 is 2.25 bits per heavy atom. The molecule has 2 aromatic carbocycles. The minimum Gasteiger partial charge on any atom is -0.478 e. The molecule has 0 spiro atoms. The van der Waals surface area contributed by atoms with Crippen molar-refractivity contribution in [3.63, 3.8) is 0 Å². The van der Waals surface area contributed by atoms with Crippen LogP contribution < -0.4 is 5.32 Å². The Morgan fingerprint density at radius 1 is 1.03 bits per heavy atom. The molecule has 1 aliphatic rings. The van der Waals surface area contributed by atoms with Crippen LogP contribution in [-0.2, 0) is 25.6 Å². The first-order chi connectivity index (χ1) is 17.0. The minimum atomic E-state index is -4.36. The second-order valence-electron chi connectivity index (χ2n) is 9.59. The Hall–Kier alpha value is -3.68. The van der Waals surface area contributed by atoms with Gasteiger partial charge in [-0.15, -0.1) is 0 Å². The molecule has 0 saturated carbocycles. The number of carbonyl (C=O) groups is 2. The number of hydrogen-bond donors (Lipinski definition) is 2. The Labute approximate surface area is 207 Å².